The van der Waals surface area contributed by atoms with Crippen molar-refractivity contribution in [2.75, 3.05) is 0 Å². The largest absolute Gasteiger partial charge is 0.339 e. The van der Waals surface area contributed by atoms with Gasteiger partial charge in [-0.05, 0) is 22.0 Å². The van der Waals surface area contributed by atoms with E-state index in [1.54, 1.807) is 23.2 Å². The molecule has 2 aliphatic heterocycles. The van der Waals surface area contributed by atoms with Crippen molar-refractivity contribution >= 4 is 20.7 Å². The van der Waals surface area contributed by atoms with Crippen LogP contribution in [-0.4, -0.2) is 22.1 Å². The number of nitrogens with one attached hydrogen (secondary N) is 1. The van der Waals surface area contributed by atoms with E-state index in [1.807, 2.05) is 0 Å². The molecule has 1 aromatic rings. The van der Waals surface area contributed by atoms with E-state index in [1.165, 1.54) is 6.07 Å². The van der Waals surface area contributed by atoms with Crippen molar-refractivity contribution in [2.24, 2.45) is 5.10 Å². The second-order valence-corrected chi connectivity index (χ2v) is 4.90. The fraction of sp³-hybridized carbons (Fsp3) is 0.364. The number of hydrazone groups is 1. The highest BCUT2D eigenvalue weighted by molar-refractivity contribution is 9.18. The van der Waals surface area contributed by atoms with Crippen LogP contribution in [0.3, 0.4) is 0 Å². The van der Waals surface area contributed by atoms with Crippen LogP contribution in [-0.2, 0) is 0 Å². The monoisotopic (exact) mass is 301 g/mol. The van der Waals surface area contributed by atoms with Gasteiger partial charge in [0.1, 0.15) is 18.2 Å². The van der Waals surface area contributed by atoms with Crippen molar-refractivity contribution in [3.8, 4) is 0 Å². The summed E-state index contributed by atoms with van der Waals surface area (Å²) in [5.41, 5.74) is 0.491. The van der Waals surface area contributed by atoms with Gasteiger partial charge in [-0.2, -0.15) is 0 Å². The summed E-state index contributed by atoms with van der Waals surface area (Å²) in [5, 5.41) is 8.62. The van der Waals surface area contributed by atoms with Crippen LogP contribution >= 0.6 is 15.9 Å². The molecule has 1 saturated heterocycles. The molecule has 0 spiro atoms. The number of halogens is 3. The van der Waals surface area contributed by atoms with E-state index in [0.717, 1.165) is 0 Å². The van der Waals surface area contributed by atoms with Gasteiger partial charge in [0.05, 0.1) is 6.04 Å². The van der Waals surface area contributed by atoms with Gasteiger partial charge in [-0.25, -0.2) is 8.78 Å². The number of fused-ring (bicyclic) bond motifs is 1. The summed E-state index contributed by atoms with van der Waals surface area (Å²) in [6.07, 6.45) is -1.30. The number of hydrogen-bond donors (Lipinski definition) is 1. The SMILES string of the molecule is Fc1ccccc1[C@@H]1C[C@H](F)C2NC(Br)=NN21. The fourth-order valence-electron chi connectivity index (χ4n) is 2.37. The van der Waals surface area contributed by atoms with Crippen molar-refractivity contribution in [3.63, 3.8) is 0 Å². The zero-order chi connectivity index (χ0) is 12.0. The second kappa shape index (κ2) is 3.94. The molecular weight excluding hydrogens is 292 g/mol. The van der Waals surface area contributed by atoms with E-state index >= 15 is 0 Å². The van der Waals surface area contributed by atoms with Gasteiger partial charge >= 0.3 is 0 Å². The van der Waals surface area contributed by atoms with Crippen LogP contribution in [0, 0.1) is 5.82 Å². The van der Waals surface area contributed by atoms with E-state index in [-0.39, 0.29) is 18.3 Å². The Balaban J connectivity index is 1.97. The molecule has 1 N–H and O–H groups in total. The van der Waals surface area contributed by atoms with Crippen LogP contribution in [0.15, 0.2) is 29.4 Å². The van der Waals surface area contributed by atoms with Crippen LogP contribution in [0.4, 0.5) is 8.78 Å². The zero-order valence-electron chi connectivity index (χ0n) is 8.78. The van der Waals surface area contributed by atoms with Gasteiger partial charge in [-0.1, -0.05) is 18.2 Å². The molecular formula is C11H10BrF2N3. The number of amidine groups is 1. The molecule has 1 unspecified atom stereocenters. The number of benzene rings is 1. The lowest BCUT2D eigenvalue weighted by Crippen LogP contribution is -2.38. The Hall–Kier alpha value is -1.17. The van der Waals surface area contributed by atoms with Crippen LogP contribution < -0.4 is 5.32 Å². The Labute approximate surface area is 106 Å². The van der Waals surface area contributed by atoms with Crippen LogP contribution in [0.5, 0.6) is 0 Å². The first-order valence-corrected chi connectivity index (χ1v) is 6.13. The first kappa shape index (κ1) is 11.0. The van der Waals surface area contributed by atoms with E-state index in [0.29, 0.717) is 10.3 Å². The maximum absolute atomic E-state index is 13.8. The van der Waals surface area contributed by atoms with Crippen molar-refractivity contribution in [2.45, 2.75) is 24.8 Å². The molecule has 3 atom stereocenters. The average molecular weight is 302 g/mol. The molecule has 0 aliphatic carbocycles. The number of hydrogen-bond acceptors (Lipinski definition) is 3. The maximum Gasteiger partial charge on any atom is 0.191 e. The van der Waals surface area contributed by atoms with Crippen LogP contribution in [0.25, 0.3) is 0 Å². The first-order chi connectivity index (χ1) is 8.16. The number of nitrogens with zero attached hydrogens (tertiary/aromatic N) is 2. The molecule has 1 aromatic carbocycles. The summed E-state index contributed by atoms with van der Waals surface area (Å²) in [7, 11) is 0. The minimum atomic E-state index is -1.06. The molecule has 2 heterocycles. The molecule has 90 valence electrons. The predicted molar refractivity (Wildman–Crippen MR) is 63.8 cm³/mol. The minimum Gasteiger partial charge on any atom is -0.339 e. The van der Waals surface area contributed by atoms with Crippen molar-refractivity contribution in [1.82, 2.24) is 10.3 Å². The van der Waals surface area contributed by atoms with Gasteiger partial charge in [0.2, 0.25) is 0 Å². The predicted octanol–water partition coefficient (Wildman–Crippen LogP) is 2.51. The topological polar surface area (TPSA) is 27.6 Å². The second-order valence-electron chi connectivity index (χ2n) is 4.15. The summed E-state index contributed by atoms with van der Waals surface area (Å²) in [6, 6.07) is 6.09. The normalized spacial score (nSPS) is 31.1. The fourth-order valence-corrected chi connectivity index (χ4v) is 2.78. The van der Waals surface area contributed by atoms with E-state index in [9.17, 15) is 8.78 Å². The Morgan fingerprint density at radius 3 is 2.94 bits per heavy atom. The summed E-state index contributed by atoms with van der Waals surface area (Å²) in [6.45, 7) is 0. The molecule has 3 rings (SSSR count). The highest BCUT2D eigenvalue weighted by Gasteiger charge is 2.46. The average Bonchev–Trinajstić information content (AvgIpc) is 2.80. The van der Waals surface area contributed by atoms with Gasteiger partial charge < -0.3 is 5.32 Å². The lowest BCUT2D eigenvalue weighted by atomic mass is 10.0. The van der Waals surface area contributed by atoms with Gasteiger partial charge in [0, 0.05) is 12.0 Å². The molecule has 0 bridgehead atoms. The third-order valence-corrected chi connectivity index (χ3v) is 3.52. The lowest BCUT2D eigenvalue weighted by Gasteiger charge is -2.21. The van der Waals surface area contributed by atoms with Crippen LogP contribution in [0.2, 0.25) is 0 Å². The van der Waals surface area contributed by atoms with E-state index in [2.05, 4.69) is 26.3 Å². The van der Waals surface area contributed by atoms with Gasteiger partial charge in [-0.15, -0.1) is 5.10 Å². The lowest BCUT2D eigenvalue weighted by molar-refractivity contribution is 0.178. The standard InChI is InChI=1S/C11H10BrF2N3/c12-11-15-10-8(14)5-9(17(10)16-11)6-3-1-2-4-7(6)13/h1-4,8-10H,5H2,(H,15,16)/t8-,9-,10?/m0/s1. The van der Waals surface area contributed by atoms with Crippen molar-refractivity contribution in [1.29, 1.82) is 0 Å². The third kappa shape index (κ3) is 1.71. The Bertz CT molecular complexity index is 480. The first-order valence-electron chi connectivity index (χ1n) is 5.34. The summed E-state index contributed by atoms with van der Waals surface area (Å²) < 4.78 is 28.0. The summed E-state index contributed by atoms with van der Waals surface area (Å²) >= 11 is 3.18. The maximum atomic E-state index is 13.8. The molecule has 2 aliphatic rings. The minimum absolute atomic E-state index is 0.252. The molecule has 0 radical (unpaired) electrons. The molecule has 3 nitrogen and oxygen atoms in total. The molecule has 0 saturated carbocycles. The van der Waals surface area contributed by atoms with Gasteiger partial charge in [0.15, 0.2) is 4.74 Å². The number of alkyl halides is 1. The zero-order valence-corrected chi connectivity index (χ0v) is 10.4. The van der Waals surface area contributed by atoms with Crippen molar-refractivity contribution in [3.05, 3.63) is 35.6 Å². The van der Waals surface area contributed by atoms with E-state index < -0.39 is 12.3 Å². The van der Waals surface area contributed by atoms with E-state index in [4.69, 9.17) is 0 Å². The van der Waals surface area contributed by atoms with Crippen LogP contribution in [0.1, 0.15) is 18.0 Å². The molecule has 0 amide bonds. The molecule has 0 aromatic heterocycles. The Morgan fingerprint density at radius 1 is 1.41 bits per heavy atom. The smallest absolute Gasteiger partial charge is 0.191 e. The van der Waals surface area contributed by atoms with Gasteiger partial charge in [0.25, 0.3) is 0 Å². The highest BCUT2D eigenvalue weighted by Crippen LogP contribution is 2.40. The quantitative estimate of drug-likeness (QED) is 0.807. The third-order valence-electron chi connectivity index (χ3n) is 3.13. The summed E-state index contributed by atoms with van der Waals surface area (Å²) in [4.78, 5) is 0. The van der Waals surface area contributed by atoms with Gasteiger partial charge in [-0.3, -0.25) is 5.01 Å². The molecule has 1 fully saturated rings. The number of rotatable bonds is 1. The Kier molecular flexibility index (Phi) is 2.54. The summed E-state index contributed by atoms with van der Waals surface area (Å²) in [5.74, 6) is -0.316. The Morgan fingerprint density at radius 2 is 2.18 bits per heavy atom. The molecule has 6 heteroatoms. The molecule has 17 heavy (non-hydrogen) atoms. The highest BCUT2D eigenvalue weighted by atomic mass is 79.9. The van der Waals surface area contributed by atoms with Crippen molar-refractivity contribution < 1.29 is 8.78 Å².